The highest BCUT2D eigenvalue weighted by Gasteiger charge is 2.13. The topological polar surface area (TPSA) is 25.2 Å². The van der Waals surface area contributed by atoms with Gasteiger partial charge in [0.15, 0.2) is 0 Å². The first-order valence-electron chi connectivity index (χ1n) is 5.54. The average molecular weight is 221 g/mol. The monoisotopic (exact) mass is 221 g/mol. The predicted molar refractivity (Wildman–Crippen MR) is 63.1 cm³/mol. The highest BCUT2D eigenvalue weighted by Crippen LogP contribution is 2.27. The van der Waals surface area contributed by atoms with Crippen LogP contribution >= 0.6 is 0 Å². The SMILES string of the molecule is CC(C)n1cc(CCO)c2cccc(F)c21. The Balaban J connectivity index is 2.71. The first-order chi connectivity index (χ1) is 7.65. The van der Waals surface area contributed by atoms with Crippen LogP contribution in [0.5, 0.6) is 0 Å². The molecule has 0 aliphatic rings. The van der Waals surface area contributed by atoms with E-state index < -0.39 is 0 Å². The van der Waals surface area contributed by atoms with E-state index in [4.69, 9.17) is 5.11 Å². The number of hydrogen-bond acceptors (Lipinski definition) is 1. The lowest BCUT2D eigenvalue weighted by molar-refractivity contribution is 0.300. The number of aromatic nitrogens is 1. The van der Waals surface area contributed by atoms with Crippen LogP contribution in [0.2, 0.25) is 0 Å². The molecule has 2 aromatic rings. The standard InChI is InChI=1S/C13H16FNO/c1-9(2)15-8-10(6-7-16)11-4-3-5-12(14)13(11)15/h3-5,8-9,16H,6-7H2,1-2H3. The molecule has 0 amide bonds. The molecule has 3 heteroatoms. The van der Waals surface area contributed by atoms with Crippen LogP contribution in [-0.4, -0.2) is 16.3 Å². The Labute approximate surface area is 94.3 Å². The van der Waals surface area contributed by atoms with Crippen molar-refractivity contribution in [3.05, 3.63) is 35.8 Å². The summed E-state index contributed by atoms with van der Waals surface area (Å²) in [6.45, 7) is 4.14. The zero-order valence-electron chi connectivity index (χ0n) is 9.57. The van der Waals surface area contributed by atoms with Gasteiger partial charge in [-0.2, -0.15) is 0 Å². The van der Waals surface area contributed by atoms with E-state index in [1.54, 1.807) is 6.07 Å². The lowest BCUT2D eigenvalue weighted by Gasteiger charge is -2.09. The minimum Gasteiger partial charge on any atom is -0.396 e. The second-order valence-corrected chi connectivity index (χ2v) is 4.26. The zero-order valence-corrected chi connectivity index (χ0v) is 9.57. The molecule has 1 aromatic heterocycles. The van der Waals surface area contributed by atoms with Crippen molar-refractivity contribution in [3.8, 4) is 0 Å². The Hall–Kier alpha value is -1.35. The first kappa shape index (κ1) is 11.1. The van der Waals surface area contributed by atoms with Crippen LogP contribution in [0.4, 0.5) is 4.39 Å². The van der Waals surface area contributed by atoms with Crippen LogP contribution in [0.15, 0.2) is 24.4 Å². The molecule has 0 aliphatic carbocycles. The molecule has 0 fully saturated rings. The summed E-state index contributed by atoms with van der Waals surface area (Å²) >= 11 is 0. The van der Waals surface area contributed by atoms with Gasteiger partial charge in [0.2, 0.25) is 0 Å². The maximum atomic E-state index is 13.8. The summed E-state index contributed by atoms with van der Waals surface area (Å²) in [5, 5.41) is 9.90. The van der Waals surface area contributed by atoms with Crippen molar-refractivity contribution in [1.29, 1.82) is 0 Å². The smallest absolute Gasteiger partial charge is 0.147 e. The maximum Gasteiger partial charge on any atom is 0.147 e. The van der Waals surface area contributed by atoms with Gasteiger partial charge in [0.1, 0.15) is 5.82 Å². The van der Waals surface area contributed by atoms with E-state index in [1.165, 1.54) is 6.07 Å². The third-order valence-electron chi connectivity index (χ3n) is 2.82. The van der Waals surface area contributed by atoms with Gasteiger partial charge in [0.25, 0.3) is 0 Å². The fourth-order valence-corrected chi connectivity index (χ4v) is 2.07. The molecule has 0 saturated carbocycles. The van der Waals surface area contributed by atoms with E-state index in [9.17, 15) is 4.39 Å². The molecule has 0 aliphatic heterocycles. The van der Waals surface area contributed by atoms with E-state index >= 15 is 0 Å². The number of fused-ring (bicyclic) bond motifs is 1. The van der Waals surface area contributed by atoms with Crippen LogP contribution in [0.1, 0.15) is 25.5 Å². The van der Waals surface area contributed by atoms with Crippen LogP contribution in [0, 0.1) is 5.82 Å². The molecule has 86 valence electrons. The van der Waals surface area contributed by atoms with E-state index in [0.29, 0.717) is 11.9 Å². The van der Waals surface area contributed by atoms with E-state index in [1.807, 2.05) is 30.7 Å². The van der Waals surface area contributed by atoms with Gasteiger partial charge in [-0.1, -0.05) is 12.1 Å². The molecule has 0 bridgehead atoms. The molecule has 0 radical (unpaired) electrons. The Morgan fingerprint density at radius 1 is 1.38 bits per heavy atom. The summed E-state index contributed by atoms with van der Waals surface area (Å²) in [5.74, 6) is -0.199. The van der Waals surface area contributed by atoms with Gasteiger partial charge < -0.3 is 9.67 Å². The fourth-order valence-electron chi connectivity index (χ4n) is 2.07. The van der Waals surface area contributed by atoms with Gasteiger partial charge in [0.05, 0.1) is 5.52 Å². The maximum absolute atomic E-state index is 13.8. The molecule has 0 atom stereocenters. The molecule has 0 saturated heterocycles. The Kier molecular flexibility index (Phi) is 2.97. The summed E-state index contributed by atoms with van der Waals surface area (Å²) in [5.41, 5.74) is 1.65. The van der Waals surface area contributed by atoms with E-state index in [0.717, 1.165) is 10.9 Å². The normalized spacial score (nSPS) is 11.6. The van der Waals surface area contributed by atoms with Gasteiger partial charge in [-0.25, -0.2) is 4.39 Å². The number of hydrogen-bond donors (Lipinski definition) is 1. The summed E-state index contributed by atoms with van der Waals surface area (Å²) < 4.78 is 15.7. The number of para-hydroxylation sites is 1. The summed E-state index contributed by atoms with van der Waals surface area (Å²) in [7, 11) is 0. The molecular formula is C13H16FNO. The highest BCUT2D eigenvalue weighted by molar-refractivity contribution is 5.84. The van der Waals surface area contributed by atoms with E-state index in [-0.39, 0.29) is 18.5 Å². The van der Waals surface area contributed by atoms with Crippen molar-refractivity contribution >= 4 is 10.9 Å². The van der Waals surface area contributed by atoms with Gasteiger partial charge in [-0.15, -0.1) is 0 Å². The Morgan fingerprint density at radius 2 is 2.12 bits per heavy atom. The van der Waals surface area contributed by atoms with Crippen molar-refractivity contribution in [2.24, 2.45) is 0 Å². The highest BCUT2D eigenvalue weighted by atomic mass is 19.1. The van der Waals surface area contributed by atoms with Crippen molar-refractivity contribution in [2.75, 3.05) is 6.61 Å². The zero-order chi connectivity index (χ0) is 11.7. The number of benzene rings is 1. The second kappa shape index (κ2) is 4.26. The van der Waals surface area contributed by atoms with Gasteiger partial charge in [-0.3, -0.25) is 0 Å². The number of aliphatic hydroxyl groups is 1. The third kappa shape index (κ3) is 1.71. The first-order valence-corrected chi connectivity index (χ1v) is 5.54. The summed E-state index contributed by atoms with van der Waals surface area (Å²) in [6, 6.07) is 5.31. The summed E-state index contributed by atoms with van der Waals surface area (Å²) in [4.78, 5) is 0. The van der Waals surface area contributed by atoms with Crippen molar-refractivity contribution in [3.63, 3.8) is 0 Å². The lowest BCUT2D eigenvalue weighted by Crippen LogP contribution is -1.99. The minimum absolute atomic E-state index is 0.0910. The molecular weight excluding hydrogens is 205 g/mol. The van der Waals surface area contributed by atoms with Crippen molar-refractivity contribution in [1.82, 2.24) is 4.57 Å². The van der Waals surface area contributed by atoms with Gasteiger partial charge in [0, 0.05) is 24.2 Å². The quantitative estimate of drug-likeness (QED) is 0.847. The molecule has 2 rings (SSSR count). The van der Waals surface area contributed by atoms with Gasteiger partial charge in [-0.05, 0) is 31.9 Å². The largest absolute Gasteiger partial charge is 0.396 e. The predicted octanol–water partition coefficient (Wildman–Crippen LogP) is 2.90. The van der Waals surface area contributed by atoms with E-state index in [2.05, 4.69) is 0 Å². The number of aliphatic hydroxyl groups excluding tert-OH is 1. The summed E-state index contributed by atoms with van der Waals surface area (Å²) in [6.07, 6.45) is 2.51. The molecule has 16 heavy (non-hydrogen) atoms. The number of nitrogens with zero attached hydrogens (tertiary/aromatic N) is 1. The van der Waals surface area contributed by atoms with Gasteiger partial charge >= 0.3 is 0 Å². The molecule has 1 aromatic carbocycles. The van der Waals surface area contributed by atoms with Crippen LogP contribution in [0.3, 0.4) is 0 Å². The Morgan fingerprint density at radius 3 is 2.75 bits per heavy atom. The molecule has 0 unspecified atom stereocenters. The molecule has 1 N–H and O–H groups in total. The van der Waals surface area contributed by atoms with Crippen molar-refractivity contribution < 1.29 is 9.50 Å². The second-order valence-electron chi connectivity index (χ2n) is 4.26. The molecule has 0 spiro atoms. The molecule has 2 nitrogen and oxygen atoms in total. The Bertz CT molecular complexity index is 502. The number of halogens is 1. The lowest BCUT2D eigenvalue weighted by atomic mass is 10.1. The third-order valence-corrected chi connectivity index (χ3v) is 2.82. The average Bonchev–Trinajstić information content (AvgIpc) is 2.60. The van der Waals surface area contributed by atoms with Crippen LogP contribution in [0.25, 0.3) is 10.9 Å². The van der Waals surface area contributed by atoms with Crippen LogP contribution in [-0.2, 0) is 6.42 Å². The van der Waals surface area contributed by atoms with Crippen LogP contribution < -0.4 is 0 Å². The molecule has 1 heterocycles. The minimum atomic E-state index is -0.199. The fraction of sp³-hybridized carbons (Fsp3) is 0.385. The number of rotatable bonds is 3. The van der Waals surface area contributed by atoms with Crippen molar-refractivity contribution in [2.45, 2.75) is 26.3 Å².